The van der Waals surface area contributed by atoms with E-state index in [0.29, 0.717) is 23.3 Å². The molecule has 2 aliphatic heterocycles. The van der Waals surface area contributed by atoms with Crippen LogP contribution in [-0.2, 0) is 10.3 Å². The first-order valence-corrected chi connectivity index (χ1v) is 9.64. The van der Waals surface area contributed by atoms with Crippen LogP contribution in [-0.4, -0.2) is 29.4 Å². The number of carbonyl (C=O) groups excluding carboxylic acids is 1. The van der Waals surface area contributed by atoms with E-state index in [-0.39, 0.29) is 11.9 Å². The Morgan fingerprint density at radius 1 is 1.17 bits per heavy atom. The van der Waals surface area contributed by atoms with Gasteiger partial charge in [-0.3, -0.25) is 9.69 Å². The van der Waals surface area contributed by atoms with Crippen LogP contribution in [0.25, 0.3) is 11.1 Å². The number of nitriles is 1. The van der Waals surface area contributed by atoms with E-state index in [1.165, 1.54) is 4.90 Å². The van der Waals surface area contributed by atoms with Gasteiger partial charge in [-0.05, 0) is 62.2 Å². The zero-order valence-corrected chi connectivity index (χ0v) is 17.4. The highest BCUT2D eigenvalue weighted by Crippen LogP contribution is 2.49. The van der Waals surface area contributed by atoms with Crippen molar-refractivity contribution in [3.63, 3.8) is 0 Å². The minimum Gasteiger partial charge on any atom is -0.487 e. The molecule has 0 aliphatic carbocycles. The van der Waals surface area contributed by atoms with Crippen molar-refractivity contribution >= 4 is 11.9 Å². The second kappa shape index (κ2) is 6.64. The molecule has 0 fully saturated rings. The van der Waals surface area contributed by atoms with Gasteiger partial charge in [0.05, 0.1) is 11.6 Å². The van der Waals surface area contributed by atoms with Gasteiger partial charge in [-0.2, -0.15) is 5.26 Å². The van der Waals surface area contributed by atoms with Crippen molar-refractivity contribution in [2.75, 3.05) is 7.05 Å². The number of likely N-dealkylation sites (N-methyl/N-ethyl adjacent to an activating group) is 1. The normalized spacial score (nSPS) is 21.2. The molecule has 6 nitrogen and oxygen atoms in total. The second-order valence-electron chi connectivity index (χ2n) is 8.23. The molecule has 2 aromatic rings. The van der Waals surface area contributed by atoms with Gasteiger partial charge in [-0.25, -0.2) is 4.99 Å². The summed E-state index contributed by atoms with van der Waals surface area (Å²) in [5.41, 5.74) is 7.98. The van der Waals surface area contributed by atoms with Crippen LogP contribution in [0.3, 0.4) is 0 Å². The fraction of sp³-hybridized carbons (Fsp3) is 0.292. The first-order chi connectivity index (χ1) is 14.2. The van der Waals surface area contributed by atoms with Crippen molar-refractivity contribution in [3.05, 3.63) is 53.1 Å². The molecule has 0 aromatic heterocycles. The van der Waals surface area contributed by atoms with Crippen LogP contribution in [0, 0.1) is 23.2 Å². The molecule has 0 bridgehead atoms. The van der Waals surface area contributed by atoms with Gasteiger partial charge < -0.3 is 10.5 Å². The van der Waals surface area contributed by atoms with Gasteiger partial charge in [0.1, 0.15) is 11.4 Å². The van der Waals surface area contributed by atoms with Crippen LogP contribution in [0.1, 0.15) is 43.9 Å². The van der Waals surface area contributed by atoms with E-state index in [1.807, 2.05) is 44.2 Å². The number of amides is 1. The van der Waals surface area contributed by atoms with Gasteiger partial charge in [0.15, 0.2) is 11.5 Å². The smallest absolute Gasteiger partial charge is 0.261 e. The van der Waals surface area contributed by atoms with E-state index in [9.17, 15) is 10.1 Å². The molecular formula is C24H22N4O2. The largest absolute Gasteiger partial charge is 0.487 e. The molecule has 0 saturated heterocycles. The van der Waals surface area contributed by atoms with Gasteiger partial charge in [-0.1, -0.05) is 12.0 Å². The Morgan fingerprint density at radius 3 is 2.53 bits per heavy atom. The average Bonchev–Trinajstić information content (AvgIpc) is 2.91. The van der Waals surface area contributed by atoms with Gasteiger partial charge in [0.25, 0.3) is 5.91 Å². The van der Waals surface area contributed by atoms with E-state index < -0.39 is 11.1 Å². The number of hydrogen-bond acceptors (Lipinski definition) is 5. The lowest BCUT2D eigenvalue weighted by Crippen LogP contribution is -2.49. The van der Waals surface area contributed by atoms with Crippen molar-refractivity contribution < 1.29 is 9.53 Å². The number of fused-ring (bicyclic) bond motifs is 2. The highest BCUT2D eigenvalue weighted by molar-refractivity contribution is 6.07. The monoisotopic (exact) mass is 398 g/mol. The fourth-order valence-corrected chi connectivity index (χ4v) is 4.23. The summed E-state index contributed by atoms with van der Waals surface area (Å²) in [6, 6.07) is 13.4. The van der Waals surface area contributed by atoms with Crippen LogP contribution >= 0.6 is 0 Å². The predicted molar refractivity (Wildman–Crippen MR) is 115 cm³/mol. The molecule has 4 rings (SSSR count). The highest BCUT2D eigenvalue weighted by atomic mass is 16.5. The number of hydrogen-bond donors (Lipinski definition) is 1. The Kier molecular flexibility index (Phi) is 4.33. The van der Waals surface area contributed by atoms with E-state index in [2.05, 4.69) is 22.9 Å². The van der Waals surface area contributed by atoms with Crippen molar-refractivity contribution in [2.24, 2.45) is 10.7 Å². The van der Waals surface area contributed by atoms with Gasteiger partial charge in [-0.15, -0.1) is 5.92 Å². The number of benzene rings is 2. The lowest BCUT2D eigenvalue weighted by atomic mass is 9.77. The summed E-state index contributed by atoms with van der Waals surface area (Å²) in [4.78, 5) is 19.2. The summed E-state index contributed by atoms with van der Waals surface area (Å²) >= 11 is 0. The predicted octanol–water partition coefficient (Wildman–Crippen LogP) is 3.14. The molecule has 1 atom stereocenters. The standard InChI is InChI=1S/C24H22N4O2/c1-5-6-15-9-16(13-25)11-18(10-15)17-7-8-20-19(12-17)24(14-23(2,3)30-20)21(29)28(4)22(26)27-24/h7-12H,14H2,1-4H3,(H2,26,27). The third-order valence-corrected chi connectivity index (χ3v) is 5.47. The third kappa shape index (κ3) is 2.98. The number of guanidine groups is 1. The number of nitrogens with zero attached hydrogens (tertiary/aromatic N) is 3. The number of ether oxygens (including phenoxy) is 1. The summed E-state index contributed by atoms with van der Waals surface area (Å²) in [7, 11) is 1.63. The summed E-state index contributed by atoms with van der Waals surface area (Å²) < 4.78 is 6.17. The third-order valence-electron chi connectivity index (χ3n) is 5.47. The number of carbonyl (C=O) groups is 1. The molecule has 2 aromatic carbocycles. The van der Waals surface area contributed by atoms with Crippen LogP contribution in [0.5, 0.6) is 5.75 Å². The summed E-state index contributed by atoms with van der Waals surface area (Å²) in [6.07, 6.45) is 0.380. The van der Waals surface area contributed by atoms with Crippen molar-refractivity contribution in [3.8, 4) is 34.8 Å². The van der Waals surface area contributed by atoms with Crippen LogP contribution < -0.4 is 10.5 Å². The molecule has 1 amide bonds. The Morgan fingerprint density at radius 2 is 1.90 bits per heavy atom. The molecule has 1 spiro atoms. The maximum atomic E-state index is 13.2. The van der Waals surface area contributed by atoms with Crippen LogP contribution in [0.4, 0.5) is 0 Å². The molecule has 2 heterocycles. The summed E-state index contributed by atoms with van der Waals surface area (Å²) in [5.74, 6) is 6.51. The van der Waals surface area contributed by atoms with Crippen LogP contribution in [0.2, 0.25) is 0 Å². The molecule has 30 heavy (non-hydrogen) atoms. The quantitative estimate of drug-likeness (QED) is 0.747. The SMILES string of the molecule is CC#Cc1cc(C#N)cc(-c2ccc3c(c2)C2(CC(C)(C)O3)N=C(N)N(C)C2=O)c1. The van der Waals surface area contributed by atoms with Crippen molar-refractivity contribution in [2.45, 2.75) is 38.3 Å². The number of nitrogens with two attached hydrogens (primary N) is 1. The van der Waals surface area contributed by atoms with E-state index in [1.54, 1.807) is 20.0 Å². The Bertz CT molecular complexity index is 1210. The Balaban J connectivity index is 1.93. The summed E-state index contributed by atoms with van der Waals surface area (Å²) in [5, 5.41) is 9.41. The molecule has 1 unspecified atom stereocenters. The molecule has 2 N–H and O–H groups in total. The van der Waals surface area contributed by atoms with Crippen molar-refractivity contribution in [1.29, 1.82) is 5.26 Å². The van der Waals surface area contributed by atoms with E-state index in [4.69, 9.17) is 10.5 Å². The zero-order valence-electron chi connectivity index (χ0n) is 17.4. The molecule has 150 valence electrons. The Hall–Kier alpha value is -3.77. The van der Waals surface area contributed by atoms with Crippen LogP contribution in [0.15, 0.2) is 41.4 Å². The maximum absolute atomic E-state index is 13.2. The molecule has 6 heteroatoms. The summed E-state index contributed by atoms with van der Waals surface area (Å²) in [6.45, 7) is 5.63. The minimum absolute atomic E-state index is 0.168. The zero-order chi connectivity index (χ0) is 21.7. The number of aliphatic imine (C=N–C) groups is 1. The molecule has 2 aliphatic rings. The van der Waals surface area contributed by atoms with E-state index >= 15 is 0 Å². The number of rotatable bonds is 1. The molecule has 0 radical (unpaired) electrons. The van der Waals surface area contributed by atoms with E-state index in [0.717, 1.165) is 16.7 Å². The maximum Gasteiger partial charge on any atom is 0.261 e. The van der Waals surface area contributed by atoms with Gasteiger partial charge >= 0.3 is 0 Å². The minimum atomic E-state index is -1.12. The fourth-order valence-electron chi connectivity index (χ4n) is 4.23. The van der Waals surface area contributed by atoms with Gasteiger partial charge in [0, 0.05) is 24.6 Å². The first kappa shape index (κ1) is 19.5. The topological polar surface area (TPSA) is 91.7 Å². The molecule has 0 saturated carbocycles. The average molecular weight is 398 g/mol. The van der Waals surface area contributed by atoms with Gasteiger partial charge in [0.2, 0.25) is 0 Å². The highest BCUT2D eigenvalue weighted by Gasteiger charge is 2.55. The lowest BCUT2D eigenvalue weighted by molar-refractivity contribution is -0.133. The molecular weight excluding hydrogens is 376 g/mol. The Labute approximate surface area is 176 Å². The first-order valence-electron chi connectivity index (χ1n) is 9.64. The van der Waals surface area contributed by atoms with Crippen molar-refractivity contribution in [1.82, 2.24) is 4.90 Å². The lowest BCUT2D eigenvalue weighted by Gasteiger charge is -2.41. The second-order valence-corrected chi connectivity index (χ2v) is 8.23.